The second-order valence-corrected chi connectivity index (χ2v) is 10.3. The van der Waals surface area contributed by atoms with Crippen LogP contribution in [-0.4, -0.2) is 67.8 Å². The van der Waals surface area contributed by atoms with Crippen molar-refractivity contribution in [1.82, 2.24) is 24.6 Å². The van der Waals surface area contributed by atoms with E-state index in [1.54, 1.807) is 32.8 Å². The molecule has 2 amide bonds. The van der Waals surface area contributed by atoms with Gasteiger partial charge in [0, 0.05) is 30.8 Å². The molecule has 0 N–H and O–H groups in total. The molecule has 0 spiro atoms. The van der Waals surface area contributed by atoms with Crippen LogP contribution in [0.3, 0.4) is 0 Å². The third kappa shape index (κ3) is 4.61. The van der Waals surface area contributed by atoms with Crippen molar-refractivity contribution < 1.29 is 23.9 Å². The van der Waals surface area contributed by atoms with Crippen molar-refractivity contribution in [1.29, 1.82) is 0 Å². The highest BCUT2D eigenvalue weighted by Gasteiger charge is 2.41. The number of carbonyl (C=O) groups excluding carboxylic acids is 3. The first kappa shape index (κ1) is 24.7. The summed E-state index contributed by atoms with van der Waals surface area (Å²) in [5, 5.41) is 4.78. The van der Waals surface area contributed by atoms with Gasteiger partial charge in [0.2, 0.25) is 0 Å². The van der Waals surface area contributed by atoms with Crippen LogP contribution in [0.2, 0.25) is 0 Å². The summed E-state index contributed by atoms with van der Waals surface area (Å²) in [6.07, 6.45) is 1.76. The summed E-state index contributed by atoms with van der Waals surface area (Å²) in [4.78, 5) is 46.0. The van der Waals surface area contributed by atoms with Gasteiger partial charge in [-0.2, -0.15) is 5.10 Å². The van der Waals surface area contributed by atoms with E-state index in [2.05, 4.69) is 4.98 Å². The van der Waals surface area contributed by atoms with Crippen molar-refractivity contribution in [3.63, 3.8) is 0 Å². The van der Waals surface area contributed by atoms with Crippen LogP contribution >= 0.6 is 0 Å². The SMILES string of the molecule is COC(=O)c1ccc(C(C)N2C[C@@H](C)n3nc4c(c3C2=O)CN(C(=O)OC(C)(C)C)[C@H](C)C4)cn1. The van der Waals surface area contributed by atoms with Gasteiger partial charge in [-0.3, -0.25) is 9.48 Å². The number of aromatic nitrogens is 3. The Morgan fingerprint density at radius 2 is 1.89 bits per heavy atom. The molecule has 188 valence electrons. The van der Waals surface area contributed by atoms with E-state index in [4.69, 9.17) is 14.6 Å². The van der Waals surface area contributed by atoms with Gasteiger partial charge in [-0.25, -0.2) is 14.6 Å². The zero-order chi connectivity index (χ0) is 25.7. The maximum Gasteiger partial charge on any atom is 0.410 e. The maximum absolute atomic E-state index is 13.8. The molecule has 2 aromatic heterocycles. The van der Waals surface area contributed by atoms with Crippen molar-refractivity contribution in [2.75, 3.05) is 13.7 Å². The number of amides is 2. The fourth-order valence-corrected chi connectivity index (χ4v) is 4.65. The molecule has 2 aliphatic rings. The molecule has 10 nitrogen and oxygen atoms in total. The third-order valence-corrected chi connectivity index (χ3v) is 6.54. The Balaban J connectivity index is 1.62. The third-order valence-electron chi connectivity index (χ3n) is 6.54. The van der Waals surface area contributed by atoms with E-state index < -0.39 is 17.7 Å². The molecule has 4 heterocycles. The second kappa shape index (κ2) is 8.98. The average molecular weight is 484 g/mol. The highest BCUT2D eigenvalue weighted by Crippen LogP contribution is 2.35. The van der Waals surface area contributed by atoms with E-state index in [-0.39, 0.29) is 36.3 Å². The van der Waals surface area contributed by atoms with E-state index in [1.807, 2.05) is 41.5 Å². The number of rotatable bonds is 3. The topological polar surface area (TPSA) is 107 Å². The van der Waals surface area contributed by atoms with Crippen molar-refractivity contribution >= 4 is 18.0 Å². The first-order valence-corrected chi connectivity index (χ1v) is 11.9. The molecular weight excluding hydrogens is 450 g/mol. The summed E-state index contributed by atoms with van der Waals surface area (Å²) in [6, 6.07) is 2.99. The van der Waals surface area contributed by atoms with Crippen LogP contribution in [0.15, 0.2) is 18.3 Å². The number of ether oxygens (including phenoxy) is 2. The largest absolute Gasteiger partial charge is 0.464 e. The smallest absolute Gasteiger partial charge is 0.410 e. The second-order valence-electron chi connectivity index (χ2n) is 10.3. The zero-order valence-electron chi connectivity index (χ0n) is 21.4. The Hall–Kier alpha value is -3.43. The van der Waals surface area contributed by atoms with Gasteiger partial charge >= 0.3 is 12.1 Å². The van der Waals surface area contributed by atoms with E-state index in [1.165, 1.54) is 7.11 Å². The number of pyridine rings is 1. The van der Waals surface area contributed by atoms with Crippen LogP contribution in [0.25, 0.3) is 0 Å². The van der Waals surface area contributed by atoms with Gasteiger partial charge in [0.1, 0.15) is 17.0 Å². The number of esters is 1. The van der Waals surface area contributed by atoms with Gasteiger partial charge in [-0.1, -0.05) is 6.07 Å². The molecule has 0 aliphatic carbocycles. The van der Waals surface area contributed by atoms with Gasteiger partial charge < -0.3 is 19.3 Å². The summed E-state index contributed by atoms with van der Waals surface area (Å²) in [6.45, 7) is 12.2. The van der Waals surface area contributed by atoms with Gasteiger partial charge in [0.25, 0.3) is 5.91 Å². The Labute approximate surface area is 205 Å². The molecule has 0 bridgehead atoms. The molecule has 3 atom stereocenters. The molecule has 1 unspecified atom stereocenters. The number of methoxy groups -OCH3 is 1. The number of hydrogen-bond acceptors (Lipinski definition) is 7. The van der Waals surface area contributed by atoms with E-state index >= 15 is 0 Å². The van der Waals surface area contributed by atoms with Crippen LogP contribution in [0.5, 0.6) is 0 Å². The van der Waals surface area contributed by atoms with Gasteiger partial charge in [-0.15, -0.1) is 0 Å². The predicted octanol–water partition coefficient (Wildman–Crippen LogP) is 3.52. The number of nitrogens with zero attached hydrogens (tertiary/aromatic N) is 5. The van der Waals surface area contributed by atoms with E-state index in [0.29, 0.717) is 18.7 Å². The molecule has 0 fully saturated rings. The minimum atomic E-state index is -0.608. The van der Waals surface area contributed by atoms with Gasteiger partial charge in [0.05, 0.1) is 31.4 Å². The maximum atomic E-state index is 13.8. The normalized spacial score (nSPS) is 20.7. The fraction of sp³-hybridized carbons (Fsp3) is 0.560. The lowest BCUT2D eigenvalue weighted by molar-refractivity contribution is 0.0135. The molecule has 0 radical (unpaired) electrons. The molecule has 0 saturated carbocycles. The Morgan fingerprint density at radius 3 is 2.49 bits per heavy atom. The molecule has 10 heteroatoms. The highest BCUT2D eigenvalue weighted by atomic mass is 16.6. The molecule has 2 aliphatic heterocycles. The lowest BCUT2D eigenvalue weighted by Crippen LogP contribution is -2.46. The summed E-state index contributed by atoms with van der Waals surface area (Å²) < 4.78 is 12.1. The Kier molecular flexibility index (Phi) is 6.33. The van der Waals surface area contributed by atoms with Crippen LogP contribution in [0, 0.1) is 0 Å². The first-order chi connectivity index (χ1) is 16.4. The average Bonchev–Trinajstić information content (AvgIpc) is 3.18. The summed E-state index contributed by atoms with van der Waals surface area (Å²) >= 11 is 0. The van der Waals surface area contributed by atoms with Crippen LogP contribution in [0.4, 0.5) is 4.79 Å². The molecule has 0 saturated heterocycles. The van der Waals surface area contributed by atoms with Crippen LogP contribution < -0.4 is 0 Å². The van der Waals surface area contributed by atoms with Crippen molar-refractivity contribution in [2.24, 2.45) is 0 Å². The number of fused-ring (bicyclic) bond motifs is 3. The lowest BCUT2D eigenvalue weighted by Gasteiger charge is -2.37. The quantitative estimate of drug-likeness (QED) is 0.615. The minimum absolute atomic E-state index is 0.0386. The highest BCUT2D eigenvalue weighted by molar-refractivity contribution is 5.95. The Morgan fingerprint density at radius 1 is 1.17 bits per heavy atom. The first-order valence-electron chi connectivity index (χ1n) is 11.9. The zero-order valence-corrected chi connectivity index (χ0v) is 21.4. The number of hydrogen-bond donors (Lipinski definition) is 0. The molecule has 4 rings (SSSR count). The van der Waals surface area contributed by atoms with Crippen LogP contribution in [0.1, 0.15) is 91.4 Å². The van der Waals surface area contributed by atoms with Gasteiger partial charge in [-0.05, 0) is 53.2 Å². The molecular formula is C25H33N5O5. The fourth-order valence-electron chi connectivity index (χ4n) is 4.65. The number of carbonyl (C=O) groups is 3. The predicted molar refractivity (Wildman–Crippen MR) is 127 cm³/mol. The van der Waals surface area contributed by atoms with Crippen molar-refractivity contribution in [3.8, 4) is 0 Å². The van der Waals surface area contributed by atoms with E-state index in [0.717, 1.165) is 16.8 Å². The molecule has 2 aromatic rings. The lowest BCUT2D eigenvalue weighted by atomic mass is 9.98. The van der Waals surface area contributed by atoms with Crippen molar-refractivity contribution in [3.05, 3.63) is 46.5 Å². The van der Waals surface area contributed by atoms with Crippen molar-refractivity contribution in [2.45, 2.75) is 78.2 Å². The molecule has 35 heavy (non-hydrogen) atoms. The summed E-state index contributed by atoms with van der Waals surface area (Å²) in [7, 11) is 1.31. The van der Waals surface area contributed by atoms with Crippen LogP contribution in [-0.2, 0) is 22.4 Å². The van der Waals surface area contributed by atoms with E-state index in [9.17, 15) is 14.4 Å². The Bertz CT molecular complexity index is 1150. The molecule has 0 aromatic carbocycles. The van der Waals surface area contributed by atoms with Gasteiger partial charge in [0.15, 0.2) is 0 Å². The monoisotopic (exact) mass is 483 g/mol. The summed E-state index contributed by atoms with van der Waals surface area (Å²) in [5.41, 5.74) is 2.57. The summed E-state index contributed by atoms with van der Waals surface area (Å²) in [5.74, 6) is -0.647. The minimum Gasteiger partial charge on any atom is -0.464 e. The standard InChI is InChI=1S/C25H33N5O5/c1-14-10-20-18(13-28(14)24(33)35-25(4,5)6)21-22(31)29(12-15(2)30(21)27-20)16(3)17-8-9-19(26-11-17)23(32)34-7/h8-9,11,14-16H,10,12-13H2,1-7H3/t14-,15-,16?/m1/s1.